The van der Waals surface area contributed by atoms with Crippen LogP contribution in [-0.4, -0.2) is 94.7 Å². The summed E-state index contributed by atoms with van der Waals surface area (Å²) in [5.41, 5.74) is 11.3. The highest BCUT2D eigenvalue weighted by Gasteiger charge is 2.38. The first kappa shape index (κ1) is 27.1. The number of hydrogen-bond acceptors (Lipinski definition) is 8. The molecular weight excluding hydrogens is 426 g/mol. The molecule has 1 saturated heterocycles. The van der Waals surface area contributed by atoms with Crippen molar-refractivity contribution in [2.45, 2.75) is 62.7 Å². The first-order valence-electron chi connectivity index (χ1n) is 10.5. The Morgan fingerprint density at radius 1 is 1.13 bits per heavy atom. The highest BCUT2D eigenvalue weighted by atomic mass is 32.2. The van der Waals surface area contributed by atoms with E-state index >= 15 is 0 Å². The Bertz CT molecular complexity index is 623. The Labute approximate surface area is 186 Å². The van der Waals surface area contributed by atoms with E-state index in [0.717, 1.165) is 11.3 Å². The van der Waals surface area contributed by atoms with Gasteiger partial charge in [0.25, 0.3) is 0 Å². The van der Waals surface area contributed by atoms with Crippen LogP contribution in [0.3, 0.4) is 0 Å². The topological polar surface area (TPSA) is 188 Å². The van der Waals surface area contributed by atoms with Crippen molar-refractivity contribution >= 4 is 35.5 Å². The van der Waals surface area contributed by atoms with Gasteiger partial charge in [-0.2, -0.15) is 11.8 Å². The monoisotopic (exact) mass is 461 g/mol. The maximum absolute atomic E-state index is 12.8. The molecular formula is C19H35N5O6S. The standard InChI is InChI=1S/C19H35N5O6S/c1-31-10-7-13(22-16(26)12(21)5-2-3-8-20)17(27)23-14(11-25)18(28)24-9-4-6-15(24)19(29)30/h12-15,25H,2-11,20-21H2,1H3,(H,22,26)(H,23,27)(H,29,30). The molecule has 0 aromatic carbocycles. The van der Waals surface area contributed by atoms with Crippen molar-refractivity contribution in [1.82, 2.24) is 15.5 Å². The average Bonchev–Trinajstić information content (AvgIpc) is 3.24. The number of thioether (sulfide) groups is 1. The number of carbonyl (C=O) groups excluding carboxylic acids is 3. The van der Waals surface area contributed by atoms with Crippen LogP contribution in [0, 0.1) is 0 Å². The largest absolute Gasteiger partial charge is 0.480 e. The molecule has 1 aliphatic heterocycles. The zero-order valence-corrected chi connectivity index (χ0v) is 18.7. The van der Waals surface area contributed by atoms with Gasteiger partial charge in [-0.25, -0.2) is 4.79 Å². The van der Waals surface area contributed by atoms with Crippen molar-refractivity contribution in [3.8, 4) is 0 Å². The lowest BCUT2D eigenvalue weighted by Gasteiger charge is -2.28. The molecule has 0 spiro atoms. The molecule has 1 fully saturated rings. The number of likely N-dealkylation sites (tertiary alicyclic amines) is 1. The lowest BCUT2D eigenvalue weighted by Crippen LogP contribution is -2.58. The molecule has 4 unspecified atom stereocenters. The summed E-state index contributed by atoms with van der Waals surface area (Å²) in [5, 5.41) is 24.0. The summed E-state index contributed by atoms with van der Waals surface area (Å²) in [6, 6.07) is -3.99. The predicted octanol–water partition coefficient (Wildman–Crippen LogP) is -1.77. The number of aliphatic hydroxyl groups is 1. The molecule has 4 atom stereocenters. The van der Waals surface area contributed by atoms with Crippen LogP contribution in [0.2, 0.25) is 0 Å². The summed E-state index contributed by atoms with van der Waals surface area (Å²) in [6.45, 7) is 0.0606. The minimum atomic E-state index is -1.29. The molecule has 11 nitrogen and oxygen atoms in total. The number of carboxylic acid groups (broad SMARTS) is 1. The average molecular weight is 462 g/mol. The van der Waals surface area contributed by atoms with Gasteiger partial charge >= 0.3 is 5.97 Å². The van der Waals surface area contributed by atoms with Crippen molar-refractivity contribution < 1.29 is 29.4 Å². The normalized spacial score (nSPS) is 18.8. The Morgan fingerprint density at radius 3 is 2.39 bits per heavy atom. The number of amides is 3. The lowest BCUT2D eigenvalue weighted by molar-refractivity contribution is -0.150. The molecule has 1 heterocycles. The third-order valence-electron chi connectivity index (χ3n) is 5.17. The van der Waals surface area contributed by atoms with Gasteiger partial charge < -0.3 is 37.2 Å². The molecule has 31 heavy (non-hydrogen) atoms. The van der Waals surface area contributed by atoms with Crippen molar-refractivity contribution in [2.75, 3.05) is 31.7 Å². The van der Waals surface area contributed by atoms with Gasteiger partial charge in [0.15, 0.2) is 0 Å². The Hall–Kier alpha value is -1.89. The van der Waals surface area contributed by atoms with E-state index < -0.39 is 54.5 Å². The quantitative estimate of drug-likeness (QED) is 0.163. The number of unbranched alkanes of at least 4 members (excludes halogenated alkanes) is 1. The molecule has 178 valence electrons. The summed E-state index contributed by atoms with van der Waals surface area (Å²) in [6.07, 6.45) is 4.88. The molecule has 1 aliphatic rings. The highest BCUT2D eigenvalue weighted by Crippen LogP contribution is 2.18. The molecule has 8 N–H and O–H groups in total. The van der Waals surface area contributed by atoms with Crippen LogP contribution in [-0.2, 0) is 19.2 Å². The molecule has 0 aromatic rings. The fourth-order valence-corrected chi connectivity index (χ4v) is 3.84. The smallest absolute Gasteiger partial charge is 0.326 e. The van der Waals surface area contributed by atoms with Gasteiger partial charge in [0.1, 0.15) is 18.1 Å². The number of hydrogen-bond donors (Lipinski definition) is 6. The van der Waals surface area contributed by atoms with Crippen molar-refractivity contribution in [1.29, 1.82) is 0 Å². The number of nitrogens with zero attached hydrogens (tertiary/aromatic N) is 1. The van der Waals surface area contributed by atoms with Gasteiger partial charge in [0.05, 0.1) is 12.6 Å². The summed E-state index contributed by atoms with van der Waals surface area (Å²) in [5.74, 6) is -2.31. The van der Waals surface area contributed by atoms with Crippen LogP contribution in [0.25, 0.3) is 0 Å². The second-order valence-electron chi connectivity index (χ2n) is 7.51. The predicted molar refractivity (Wildman–Crippen MR) is 117 cm³/mol. The molecule has 0 radical (unpaired) electrons. The van der Waals surface area contributed by atoms with Crippen molar-refractivity contribution in [3.63, 3.8) is 0 Å². The number of carboxylic acids is 1. The van der Waals surface area contributed by atoms with Gasteiger partial charge in [0, 0.05) is 6.54 Å². The Kier molecular flexibility index (Phi) is 12.5. The summed E-state index contributed by atoms with van der Waals surface area (Å²) in [7, 11) is 0. The second-order valence-corrected chi connectivity index (χ2v) is 8.49. The minimum absolute atomic E-state index is 0.243. The second kappa shape index (κ2) is 14.2. The van der Waals surface area contributed by atoms with Gasteiger partial charge in [-0.15, -0.1) is 0 Å². The number of nitrogens with one attached hydrogen (secondary N) is 2. The van der Waals surface area contributed by atoms with E-state index in [-0.39, 0.29) is 6.54 Å². The minimum Gasteiger partial charge on any atom is -0.480 e. The summed E-state index contributed by atoms with van der Waals surface area (Å²) in [4.78, 5) is 50.4. The SMILES string of the molecule is CSCCC(NC(=O)C(N)CCCCN)C(=O)NC(CO)C(=O)N1CCCC1C(=O)O. The van der Waals surface area contributed by atoms with E-state index in [0.29, 0.717) is 44.4 Å². The van der Waals surface area contributed by atoms with Crippen molar-refractivity contribution in [2.24, 2.45) is 11.5 Å². The number of rotatable bonds is 14. The highest BCUT2D eigenvalue weighted by molar-refractivity contribution is 7.98. The zero-order valence-electron chi connectivity index (χ0n) is 17.9. The van der Waals surface area contributed by atoms with E-state index in [1.54, 1.807) is 0 Å². The molecule has 0 saturated carbocycles. The van der Waals surface area contributed by atoms with E-state index in [2.05, 4.69) is 10.6 Å². The molecule has 1 rings (SSSR count). The van der Waals surface area contributed by atoms with Gasteiger partial charge in [-0.3, -0.25) is 14.4 Å². The number of carbonyl (C=O) groups is 4. The van der Waals surface area contributed by atoms with Gasteiger partial charge in [0.2, 0.25) is 17.7 Å². The van der Waals surface area contributed by atoms with E-state index in [4.69, 9.17) is 11.5 Å². The van der Waals surface area contributed by atoms with Crippen LogP contribution in [0.4, 0.5) is 0 Å². The third-order valence-corrected chi connectivity index (χ3v) is 5.81. The fraction of sp³-hybridized carbons (Fsp3) is 0.789. The van der Waals surface area contributed by atoms with E-state index in [9.17, 15) is 29.4 Å². The molecule has 0 bridgehead atoms. The van der Waals surface area contributed by atoms with E-state index in [1.807, 2.05) is 6.26 Å². The summed E-state index contributed by atoms with van der Waals surface area (Å²) >= 11 is 1.49. The van der Waals surface area contributed by atoms with Crippen LogP contribution >= 0.6 is 11.8 Å². The molecule has 12 heteroatoms. The van der Waals surface area contributed by atoms with Gasteiger partial charge in [-0.05, 0) is 50.7 Å². The van der Waals surface area contributed by atoms with Crippen molar-refractivity contribution in [3.05, 3.63) is 0 Å². The first-order chi connectivity index (χ1) is 14.8. The third kappa shape index (κ3) is 8.63. The Morgan fingerprint density at radius 2 is 1.81 bits per heavy atom. The zero-order chi connectivity index (χ0) is 23.4. The number of nitrogens with two attached hydrogens (primary N) is 2. The maximum atomic E-state index is 12.8. The van der Waals surface area contributed by atoms with E-state index in [1.165, 1.54) is 11.8 Å². The number of aliphatic carboxylic acids is 1. The maximum Gasteiger partial charge on any atom is 0.326 e. The fourth-order valence-electron chi connectivity index (χ4n) is 3.37. The number of aliphatic hydroxyl groups excluding tert-OH is 1. The summed E-state index contributed by atoms with van der Waals surface area (Å²) < 4.78 is 0. The molecule has 3 amide bonds. The van der Waals surface area contributed by atoms with Crippen LogP contribution < -0.4 is 22.1 Å². The van der Waals surface area contributed by atoms with Crippen LogP contribution in [0.5, 0.6) is 0 Å². The Balaban J connectivity index is 2.78. The van der Waals surface area contributed by atoms with Gasteiger partial charge in [-0.1, -0.05) is 6.42 Å². The molecule has 0 aromatic heterocycles. The molecule has 0 aliphatic carbocycles. The van der Waals surface area contributed by atoms with Crippen LogP contribution in [0.15, 0.2) is 0 Å². The van der Waals surface area contributed by atoms with Crippen LogP contribution in [0.1, 0.15) is 38.5 Å². The lowest BCUT2D eigenvalue weighted by atomic mass is 10.1. The first-order valence-corrected chi connectivity index (χ1v) is 11.9.